The van der Waals surface area contributed by atoms with Crippen molar-refractivity contribution in [2.75, 3.05) is 38.7 Å². The summed E-state index contributed by atoms with van der Waals surface area (Å²) in [6.45, 7) is 7.31. The molecule has 1 amide bonds. The van der Waals surface area contributed by atoms with Crippen LogP contribution in [0.2, 0.25) is 0 Å². The topological polar surface area (TPSA) is 92.5 Å². The number of carbonyl (C=O) groups excluding carboxylic acids is 1. The second-order valence-electron chi connectivity index (χ2n) is 6.87. The number of aromatic nitrogens is 2. The number of ether oxygens (including phenoxy) is 1. The van der Waals surface area contributed by atoms with Gasteiger partial charge in [0.1, 0.15) is 11.3 Å². The molecule has 3 rings (SSSR count). The van der Waals surface area contributed by atoms with Crippen LogP contribution in [0.1, 0.15) is 29.9 Å². The van der Waals surface area contributed by atoms with Gasteiger partial charge in [-0.3, -0.25) is 9.69 Å². The number of piperidine rings is 1. The summed E-state index contributed by atoms with van der Waals surface area (Å²) < 4.78 is 10.3. The van der Waals surface area contributed by atoms with Crippen molar-refractivity contribution in [2.45, 2.75) is 38.8 Å². The highest BCUT2D eigenvalue weighted by Crippen LogP contribution is 2.29. The molecule has 1 aliphatic heterocycles. The van der Waals surface area contributed by atoms with Crippen LogP contribution in [0.4, 0.5) is 5.13 Å². The minimum Gasteiger partial charge on any atom is -0.383 e. The highest BCUT2D eigenvalue weighted by Gasteiger charge is 2.42. The number of nitrogens with one attached hydrogen (secondary N) is 2. The van der Waals surface area contributed by atoms with E-state index in [1.54, 1.807) is 13.3 Å². The SMILES string of the molecule is COCCNC(=O)C1(Nc2nccs2)CCN(Cc2c(C)noc2C)CC1. The predicted molar refractivity (Wildman–Crippen MR) is 104 cm³/mol. The average molecular weight is 394 g/mol. The lowest BCUT2D eigenvalue weighted by Gasteiger charge is -2.41. The van der Waals surface area contributed by atoms with Gasteiger partial charge in [0.2, 0.25) is 5.91 Å². The number of thiazole rings is 1. The Hall–Kier alpha value is -1.97. The second-order valence-corrected chi connectivity index (χ2v) is 7.77. The minimum absolute atomic E-state index is 0.00624. The van der Waals surface area contributed by atoms with Crippen LogP contribution in [0.25, 0.3) is 0 Å². The molecule has 0 spiro atoms. The molecule has 0 radical (unpaired) electrons. The molecule has 0 aliphatic carbocycles. The smallest absolute Gasteiger partial charge is 0.245 e. The summed E-state index contributed by atoms with van der Waals surface area (Å²) in [5.74, 6) is 0.870. The van der Waals surface area contributed by atoms with E-state index in [2.05, 4.69) is 25.7 Å². The molecule has 27 heavy (non-hydrogen) atoms. The van der Waals surface area contributed by atoms with E-state index in [0.717, 1.165) is 41.8 Å². The van der Waals surface area contributed by atoms with Crippen molar-refractivity contribution >= 4 is 22.4 Å². The van der Waals surface area contributed by atoms with Crippen molar-refractivity contribution in [3.63, 3.8) is 0 Å². The summed E-state index contributed by atoms with van der Waals surface area (Å²) in [6.07, 6.45) is 3.15. The van der Waals surface area contributed by atoms with Gasteiger partial charge in [-0.15, -0.1) is 11.3 Å². The van der Waals surface area contributed by atoms with E-state index in [4.69, 9.17) is 9.26 Å². The average Bonchev–Trinajstić information content (AvgIpc) is 3.28. The van der Waals surface area contributed by atoms with E-state index in [-0.39, 0.29) is 5.91 Å². The fraction of sp³-hybridized carbons (Fsp3) is 0.611. The quantitative estimate of drug-likeness (QED) is 0.662. The van der Waals surface area contributed by atoms with E-state index >= 15 is 0 Å². The Kier molecular flexibility index (Phi) is 6.46. The van der Waals surface area contributed by atoms with Gasteiger partial charge in [-0.1, -0.05) is 5.16 Å². The Balaban J connectivity index is 1.67. The van der Waals surface area contributed by atoms with Crippen molar-refractivity contribution in [3.8, 4) is 0 Å². The van der Waals surface area contributed by atoms with Gasteiger partial charge in [0.05, 0.1) is 12.3 Å². The molecule has 0 bridgehead atoms. The highest BCUT2D eigenvalue weighted by molar-refractivity contribution is 7.13. The molecule has 0 unspecified atom stereocenters. The summed E-state index contributed by atoms with van der Waals surface area (Å²) in [4.78, 5) is 19.6. The first-order valence-electron chi connectivity index (χ1n) is 9.13. The van der Waals surface area contributed by atoms with Gasteiger partial charge < -0.3 is 19.9 Å². The number of hydrogen-bond donors (Lipinski definition) is 2. The van der Waals surface area contributed by atoms with Crippen LogP contribution in [0.15, 0.2) is 16.1 Å². The maximum atomic E-state index is 13.0. The molecule has 9 heteroatoms. The predicted octanol–water partition coefficient (Wildman–Crippen LogP) is 1.96. The Morgan fingerprint density at radius 3 is 2.78 bits per heavy atom. The standard InChI is InChI=1S/C18H27N5O3S/c1-13-15(14(2)26-22-13)12-23-8-4-18(5-9-23,16(24)19-6-10-25-3)21-17-20-7-11-27-17/h7,11H,4-6,8-10,12H2,1-3H3,(H,19,24)(H,20,21). The molecule has 2 N–H and O–H groups in total. The molecule has 1 saturated heterocycles. The Bertz CT molecular complexity index is 719. The first-order chi connectivity index (χ1) is 13.0. The van der Waals surface area contributed by atoms with Gasteiger partial charge in [-0.05, 0) is 26.7 Å². The number of nitrogens with zero attached hydrogens (tertiary/aromatic N) is 3. The van der Waals surface area contributed by atoms with Crippen LogP contribution in [-0.2, 0) is 16.1 Å². The molecule has 148 valence electrons. The molecular formula is C18H27N5O3S. The van der Waals surface area contributed by atoms with Crippen LogP contribution in [0, 0.1) is 13.8 Å². The summed E-state index contributed by atoms with van der Waals surface area (Å²) in [6, 6.07) is 0. The van der Waals surface area contributed by atoms with Crippen molar-refractivity contribution < 1.29 is 14.1 Å². The molecule has 3 heterocycles. The van der Waals surface area contributed by atoms with Gasteiger partial charge >= 0.3 is 0 Å². The van der Waals surface area contributed by atoms with Crippen molar-refractivity contribution in [3.05, 3.63) is 28.6 Å². The monoisotopic (exact) mass is 393 g/mol. The van der Waals surface area contributed by atoms with E-state index < -0.39 is 5.54 Å². The Morgan fingerprint density at radius 1 is 1.41 bits per heavy atom. The van der Waals surface area contributed by atoms with Crippen LogP contribution < -0.4 is 10.6 Å². The second kappa shape index (κ2) is 8.81. The summed E-state index contributed by atoms with van der Waals surface area (Å²) >= 11 is 1.51. The lowest BCUT2D eigenvalue weighted by molar-refractivity contribution is -0.127. The first-order valence-corrected chi connectivity index (χ1v) is 10.0. The lowest BCUT2D eigenvalue weighted by atomic mass is 9.86. The van der Waals surface area contributed by atoms with E-state index in [9.17, 15) is 4.79 Å². The number of hydrogen-bond acceptors (Lipinski definition) is 8. The third kappa shape index (κ3) is 4.66. The van der Waals surface area contributed by atoms with Crippen LogP contribution >= 0.6 is 11.3 Å². The third-order valence-corrected chi connectivity index (χ3v) is 5.77. The van der Waals surface area contributed by atoms with Crippen LogP contribution in [0.3, 0.4) is 0 Å². The van der Waals surface area contributed by atoms with Gasteiger partial charge in [0, 0.05) is 50.4 Å². The fourth-order valence-corrected chi connectivity index (χ4v) is 4.01. The summed E-state index contributed by atoms with van der Waals surface area (Å²) in [5.41, 5.74) is 1.42. The maximum absolute atomic E-state index is 13.0. The molecule has 2 aromatic rings. The first kappa shape index (κ1) is 19.8. The minimum atomic E-state index is -0.652. The Morgan fingerprint density at radius 2 is 2.19 bits per heavy atom. The molecule has 0 saturated carbocycles. The molecule has 8 nitrogen and oxygen atoms in total. The summed E-state index contributed by atoms with van der Waals surface area (Å²) in [7, 11) is 1.63. The largest absolute Gasteiger partial charge is 0.383 e. The van der Waals surface area contributed by atoms with Gasteiger partial charge in [-0.25, -0.2) is 4.98 Å². The van der Waals surface area contributed by atoms with E-state index in [1.807, 2.05) is 19.2 Å². The number of amides is 1. The zero-order valence-electron chi connectivity index (χ0n) is 16.1. The number of likely N-dealkylation sites (tertiary alicyclic amines) is 1. The maximum Gasteiger partial charge on any atom is 0.245 e. The number of methoxy groups -OCH3 is 1. The molecule has 0 atom stereocenters. The van der Waals surface area contributed by atoms with Crippen molar-refractivity contribution in [1.29, 1.82) is 0 Å². The molecule has 1 fully saturated rings. The molecule has 0 aromatic carbocycles. The normalized spacial score (nSPS) is 17.0. The lowest BCUT2D eigenvalue weighted by Crippen LogP contribution is -2.58. The van der Waals surface area contributed by atoms with Crippen LogP contribution in [-0.4, -0.2) is 59.8 Å². The zero-order chi connectivity index (χ0) is 19.3. The third-order valence-electron chi connectivity index (χ3n) is 5.08. The van der Waals surface area contributed by atoms with E-state index in [1.165, 1.54) is 11.3 Å². The van der Waals surface area contributed by atoms with Gasteiger partial charge in [-0.2, -0.15) is 0 Å². The van der Waals surface area contributed by atoms with E-state index in [0.29, 0.717) is 26.0 Å². The van der Waals surface area contributed by atoms with Crippen molar-refractivity contribution in [2.24, 2.45) is 0 Å². The molecule has 1 aliphatic rings. The number of rotatable bonds is 8. The Labute approximate surface area is 163 Å². The van der Waals surface area contributed by atoms with Gasteiger partial charge in [0.25, 0.3) is 0 Å². The van der Waals surface area contributed by atoms with Crippen LogP contribution in [0.5, 0.6) is 0 Å². The zero-order valence-corrected chi connectivity index (χ0v) is 16.9. The number of anilines is 1. The summed E-state index contributed by atoms with van der Waals surface area (Å²) in [5, 5.41) is 13.1. The fourth-order valence-electron chi connectivity index (χ4n) is 3.38. The number of aryl methyl sites for hydroxylation is 2. The highest BCUT2D eigenvalue weighted by atomic mass is 32.1. The number of carbonyl (C=O) groups is 1. The molecule has 2 aromatic heterocycles. The van der Waals surface area contributed by atoms with Gasteiger partial charge in [0.15, 0.2) is 5.13 Å². The molecular weight excluding hydrogens is 366 g/mol. The van der Waals surface area contributed by atoms with Crippen molar-refractivity contribution in [1.82, 2.24) is 20.4 Å².